The standard InChI is InChI=1S/C24H25ClF3N7O2S/c25-19-11-16(24(26,27)28)3-6-20(19)32-23(37)31-17-4-1-15(2-5-17)22-30-18(14-38-22)12-34-7-9-35(10-8-34)13-21(36)33-29/h1-6,11,14H,7-10,12-13,29H2,(H,33,36)(H2,31,32,37). The first-order chi connectivity index (χ1) is 18.1. The van der Waals surface area contributed by atoms with Gasteiger partial charge in [-0.05, 0) is 42.5 Å². The third-order valence-electron chi connectivity index (χ3n) is 5.86. The molecule has 1 aromatic heterocycles. The molecule has 1 aliphatic rings. The number of rotatable bonds is 7. The van der Waals surface area contributed by atoms with E-state index in [1.807, 2.05) is 17.5 Å². The van der Waals surface area contributed by atoms with Gasteiger partial charge >= 0.3 is 12.2 Å². The molecule has 1 aliphatic heterocycles. The maximum atomic E-state index is 12.8. The Morgan fingerprint density at radius 2 is 1.71 bits per heavy atom. The van der Waals surface area contributed by atoms with Crippen LogP contribution in [0.25, 0.3) is 10.6 Å². The highest BCUT2D eigenvalue weighted by atomic mass is 35.5. The Hall–Kier alpha value is -3.23. The molecule has 0 spiro atoms. The van der Waals surface area contributed by atoms with Crippen LogP contribution in [-0.4, -0.2) is 59.4 Å². The zero-order valence-electron chi connectivity index (χ0n) is 20.0. The Kier molecular flexibility index (Phi) is 8.84. The first-order valence-electron chi connectivity index (χ1n) is 11.5. The van der Waals surface area contributed by atoms with Gasteiger partial charge in [-0.3, -0.25) is 20.0 Å². The molecule has 1 fully saturated rings. The molecule has 0 atom stereocenters. The Labute approximate surface area is 225 Å². The van der Waals surface area contributed by atoms with Gasteiger partial charge in [0.15, 0.2) is 0 Å². The number of hydrazine groups is 1. The number of benzene rings is 2. The third kappa shape index (κ3) is 7.42. The topological polar surface area (TPSA) is 116 Å². The van der Waals surface area contributed by atoms with E-state index in [1.165, 1.54) is 11.3 Å². The van der Waals surface area contributed by atoms with Gasteiger partial charge in [-0.1, -0.05) is 11.6 Å². The second-order valence-electron chi connectivity index (χ2n) is 8.61. The number of piperazine rings is 1. The SMILES string of the molecule is NNC(=O)CN1CCN(Cc2csc(-c3ccc(NC(=O)Nc4ccc(C(F)(F)F)cc4Cl)cc3)n2)CC1. The van der Waals surface area contributed by atoms with E-state index >= 15 is 0 Å². The molecule has 5 N–H and O–H groups in total. The molecule has 2 heterocycles. The summed E-state index contributed by atoms with van der Waals surface area (Å²) in [5.41, 5.74) is 3.64. The molecule has 2 aromatic carbocycles. The van der Waals surface area contributed by atoms with Gasteiger partial charge in [0.05, 0.1) is 28.5 Å². The number of thiazole rings is 1. The predicted molar refractivity (Wildman–Crippen MR) is 141 cm³/mol. The van der Waals surface area contributed by atoms with Gasteiger partial charge in [0.2, 0.25) is 5.91 Å². The summed E-state index contributed by atoms with van der Waals surface area (Å²) in [6.45, 7) is 4.20. The number of carbonyl (C=O) groups excluding carboxylic acids is 2. The molecule has 0 aliphatic carbocycles. The fraction of sp³-hybridized carbons (Fsp3) is 0.292. The van der Waals surface area contributed by atoms with Crippen LogP contribution in [0.4, 0.5) is 29.3 Å². The summed E-state index contributed by atoms with van der Waals surface area (Å²) in [4.78, 5) is 32.8. The summed E-state index contributed by atoms with van der Waals surface area (Å²) < 4.78 is 38.4. The van der Waals surface area contributed by atoms with Crippen molar-refractivity contribution in [1.82, 2.24) is 20.2 Å². The van der Waals surface area contributed by atoms with Crippen LogP contribution in [0.3, 0.4) is 0 Å². The van der Waals surface area contributed by atoms with E-state index in [1.54, 1.807) is 12.1 Å². The van der Waals surface area contributed by atoms with Crippen molar-refractivity contribution in [3.63, 3.8) is 0 Å². The van der Waals surface area contributed by atoms with Gasteiger partial charge in [0.1, 0.15) is 5.01 Å². The first kappa shape index (κ1) is 27.8. The second kappa shape index (κ2) is 12.1. The van der Waals surface area contributed by atoms with Crippen molar-refractivity contribution in [1.29, 1.82) is 0 Å². The second-order valence-corrected chi connectivity index (χ2v) is 9.88. The monoisotopic (exact) mass is 567 g/mol. The largest absolute Gasteiger partial charge is 0.416 e. The number of nitrogens with one attached hydrogen (secondary N) is 3. The highest BCUT2D eigenvalue weighted by Crippen LogP contribution is 2.34. The Morgan fingerprint density at radius 3 is 2.34 bits per heavy atom. The lowest BCUT2D eigenvalue weighted by molar-refractivity contribution is -0.137. The minimum Gasteiger partial charge on any atom is -0.308 e. The predicted octanol–water partition coefficient (Wildman–Crippen LogP) is 4.23. The van der Waals surface area contributed by atoms with Gasteiger partial charge in [0.25, 0.3) is 0 Å². The lowest BCUT2D eigenvalue weighted by Gasteiger charge is -2.33. The van der Waals surface area contributed by atoms with Crippen molar-refractivity contribution < 1.29 is 22.8 Å². The molecule has 9 nitrogen and oxygen atoms in total. The van der Waals surface area contributed by atoms with Crippen LogP contribution in [0.1, 0.15) is 11.3 Å². The van der Waals surface area contributed by atoms with E-state index in [0.717, 1.165) is 60.6 Å². The minimum atomic E-state index is -4.52. The van der Waals surface area contributed by atoms with Crippen molar-refractivity contribution in [2.45, 2.75) is 12.7 Å². The molecule has 202 valence electrons. The quantitative estimate of drug-likeness (QED) is 0.193. The van der Waals surface area contributed by atoms with Crippen LogP contribution in [0, 0.1) is 0 Å². The molecule has 0 unspecified atom stereocenters. The van der Waals surface area contributed by atoms with Gasteiger partial charge in [-0.2, -0.15) is 13.2 Å². The molecule has 14 heteroatoms. The summed E-state index contributed by atoms with van der Waals surface area (Å²) in [6.07, 6.45) is -4.52. The van der Waals surface area contributed by atoms with Gasteiger partial charge in [-0.25, -0.2) is 15.6 Å². The number of halogens is 4. The van der Waals surface area contributed by atoms with Crippen LogP contribution in [-0.2, 0) is 17.5 Å². The molecule has 0 saturated carbocycles. The number of nitrogens with two attached hydrogens (primary N) is 1. The molecule has 3 amide bonds. The molecule has 3 aromatic rings. The Morgan fingerprint density at radius 1 is 1.03 bits per heavy atom. The van der Waals surface area contributed by atoms with Crippen LogP contribution < -0.4 is 21.9 Å². The number of alkyl halides is 3. The summed E-state index contributed by atoms with van der Waals surface area (Å²) >= 11 is 7.41. The maximum Gasteiger partial charge on any atom is 0.416 e. The lowest BCUT2D eigenvalue weighted by Crippen LogP contribution is -2.49. The van der Waals surface area contributed by atoms with Crippen molar-refractivity contribution in [2.75, 3.05) is 43.4 Å². The summed E-state index contributed by atoms with van der Waals surface area (Å²) in [5.74, 6) is 4.95. The van der Waals surface area contributed by atoms with Crippen LogP contribution >= 0.6 is 22.9 Å². The summed E-state index contributed by atoms with van der Waals surface area (Å²) in [6, 6.07) is 9.14. The van der Waals surface area contributed by atoms with Gasteiger partial charge < -0.3 is 10.6 Å². The Balaban J connectivity index is 1.28. The highest BCUT2D eigenvalue weighted by Gasteiger charge is 2.31. The van der Waals surface area contributed by atoms with Gasteiger partial charge in [-0.15, -0.1) is 11.3 Å². The first-order valence-corrected chi connectivity index (χ1v) is 12.8. The molecular formula is C24H25ClF3N7O2S. The fourth-order valence-electron chi connectivity index (χ4n) is 3.87. The van der Waals surface area contributed by atoms with Crippen LogP contribution in [0.5, 0.6) is 0 Å². The zero-order valence-corrected chi connectivity index (χ0v) is 21.6. The molecule has 38 heavy (non-hydrogen) atoms. The molecule has 1 saturated heterocycles. The van der Waals surface area contributed by atoms with Crippen molar-refractivity contribution >= 4 is 46.3 Å². The van der Waals surface area contributed by atoms with Crippen molar-refractivity contribution in [3.8, 4) is 10.6 Å². The number of nitrogens with zero attached hydrogens (tertiary/aromatic N) is 3. The molecular weight excluding hydrogens is 543 g/mol. The summed E-state index contributed by atoms with van der Waals surface area (Å²) in [7, 11) is 0. The number of urea groups is 1. The third-order valence-corrected chi connectivity index (χ3v) is 7.12. The van der Waals surface area contributed by atoms with Crippen molar-refractivity contribution in [3.05, 3.63) is 64.1 Å². The smallest absolute Gasteiger partial charge is 0.308 e. The Bertz CT molecular complexity index is 1280. The number of amides is 3. The molecule has 0 bridgehead atoms. The number of hydrogen-bond acceptors (Lipinski definition) is 7. The number of carbonyl (C=O) groups is 2. The fourth-order valence-corrected chi connectivity index (χ4v) is 4.91. The summed E-state index contributed by atoms with van der Waals surface area (Å²) in [5, 5.41) is 7.71. The van der Waals surface area contributed by atoms with Crippen LogP contribution in [0.15, 0.2) is 47.8 Å². The highest BCUT2D eigenvalue weighted by molar-refractivity contribution is 7.13. The molecule has 4 rings (SSSR count). The van der Waals surface area contributed by atoms with Crippen LogP contribution in [0.2, 0.25) is 5.02 Å². The maximum absolute atomic E-state index is 12.8. The number of hydrogen-bond donors (Lipinski definition) is 4. The number of anilines is 2. The zero-order chi connectivity index (χ0) is 27.3. The lowest BCUT2D eigenvalue weighted by atomic mass is 10.2. The van der Waals surface area contributed by atoms with E-state index in [4.69, 9.17) is 22.4 Å². The van der Waals surface area contributed by atoms with E-state index in [-0.39, 0.29) is 16.6 Å². The van der Waals surface area contributed by atoms with Crippen molar-refractivity contribution in [2.24, 2.45) is 5.84 Å². The van der Waals surface area contributed by atoms with E-state index in [0.29, 0.717) is 18.8 Å². The average Bonchev–Trinajstić information content (AvgIpc) is 3.34. The minimum absolute atomic E-state index is 0.0616. The van der Waals surface area contributed by atoms with E-state index < -0.39 is 17.8 Å². The molecule has 0 radical (unpaired) electrons. The average molecular weight is 568 g/mol. The normalized spacial score (nSPS) is 14.8. The van der Waals surface area contributed by atoms with E-state index in [9.17, 15) is 22.8 Å². The van der Waals surface area contributed by atoms with E-state index in [2.05, 4.69) is 25.9 Å². The number of aromatic nitrogens is 1. The van der Waals surface area contributed by atoms with Gasteiger partial charge in [0, 0.05) is 49.4 Å².